The number of nitrogens with zero attached hydrogens (tertiary/aromatic N) is 2. The van der Waals surface area contributed by atoms with Gasteiger partial charge in [-0.25, -0.2) is 4.79 Å². The Kier molecular flexibility index (Phi) is 6.88. The van der Waals surface area contributed by atoms with Crippen molar-refractivity contribution in [3.63, 3.8) is 0 Å². The normalized spacial score (nSPS) is 13.4. The molecule has 3 aromatic rings. The fourth-order valence-corrected chi connectivity index (χ4v) is 3.65. The van der Waals surface area contributed by atoms with Gasteiger partial charge in [-0.2, -0.15) is 0 Å². The zero-order valence-electron chi connectivity index (χ0n) is 18.5. The van der Waals surface area contributed by atoms with E-state index in [0.29, 0.717) is 54.6 Å². The van der Waals surface area contributed by atoms with Crippen molar-refractivity contribution in [3.05, 3.63) is 76.0 Å². The molecule has 0 spiro atoms. The lowest BCUT2D eigenvalue weighted by Gasteiger charge is -2.30. The summed E-state index contributed by atoms with van der Waals surface area (Å²) in [5.74, 6) is -0.656. The van der Waals surface area contributed by atoms with E-state index in [1.54, 1.807) is 43.3 Å². The van der Waals surface area contributed by atoms with Crippen LogP contribution in [0.3, 0.4) is 0 Å². The predicted octanol–water partition coefficient (Wildman–Crippen LogP) is 4.12. The van der Waals surface area contributed by atoms with E-state index in [9.17, 15) is 19.7 Å². The maximum Gasteiger partial charge on any atom is 0.340 e. The van der Waals surface area contributed by atoms with Gasteiger partial charge in [0.1, 0.15) is 5.76 Å². The number of morpholine rings is 1. The second kappa shape index (κ2) is 10.2. The summed E-state index contributed by atoms with van der Waals surface area (Å²) in [6.45, 7) is 4.37. The molecule has 2 heterocycles. The van der Waals surface area contributed by atoms with Gasteiger partial charge in [0.25, 0.3) is 11.6 Å². The molecule has 0 aliphatic carbocycles. The first kappa shape index (κ1) is 23.0. The molecule has 1 aliphatic heterocycles. The molecule has 0 radical (unpaired) electrons. The molecule has 1 saturated heterocycles. The van der Waals surface area contributed by atoms with Crippen molar-refractivity contribution in [1.82, 2.24) is 0 Å². The molecule has 0 bridgehead atoms. The molecule has 0 saturated carbocycles. The van der Waals surface area contributed by atoms with Crippen molar-refractivity contribution >= 4 is 28.9 Å². The van der Waals surface area contributed by atoms with Crippen molar-refractivity contribution in [3.8, 4) is 11.3 Å². The zero-order chi connectivity index (χ0) is 24.1. The Balaban J connectivity index is 1.55. The van der Waals surface area contributed by atoms with Gasteiger partial charge >= 0.3 is 5.97 Å². The SMILES string of the molecule is CCOC(=O)c1cc(NC(=O)c2ccc(-c3cccc([N+](=O)[O-])c3)o2)ccc1N1CCOCC1. The molecule has 10 nitrogen and oxygen atoms in total. The van der Waals surface area contributed by atoms with E-state index in [2.05, 4.69) is 5.32 Å². The Morgan fingerprint density at radius 3 is 2.65 bits per heavy atom. The van der Waals surface area contributed by atoms with Gasteiger partial charge in [-0.15, -0.1) is 0 Å². The average molecular weight is 465 g/mol. The summed E-state index contributed by atoms with van der Waals surface area (Å²) in [6, 6.07) is 14.0. The van der Waals surface area contributed by atoms with Crippen LogP contribution < -0.4 is 10.2 Å². The second-order valence-corrected chi connectivity index (χ2v) is 7.48. The number of carbonyl (C=O) groups excluding carboxylic acids is 2. The fraction of sp³-hybridized carbons (Fsp3) is 0.250. The number of furan rings is 1. The number of benzene rings is 2. The van der Waals surface area contributed by atoms with Crippen LogP contribution in [0.25, 0.3) is 11.3 Å². The maximum atomic E-state index is 12.8. The molecule has 4 rings (SSSR count). The molecular weight excluding hydrogens is 442 g/mol. The lowest BCUT2D eigenvalue weighted by molar-refractivity contribution is -0.384. The number of hydrogen-bond acceptors (Lipinski definition) is 8. The van der Waals surface area contributed by atoms with Crippen LogP contribution in [0.2, 0.25) is 0 Å². The lowest BCUT2D eigenvalue weighted by Crippen LogP contribution is -2.37. The summed E-state index contributed by atoms with van der Waals surface area (Å²) in [5.41, 5.74) is 1.86. The number of amides is 1. The Bertz CT molecular complexity index is 1210. The second-order valence-electron chi connectivity index (χ2n) is 7.48. The van der Waals surface area contributed by atoms with Crippen LogP contribution in [-0.4, -0.2) is 49.7 Å². The number of nitro benzene ring substituents is 1. The number of nitrogens with one attached hydrogen (secondary N) is 1. The highest BCUT2D eigenvalue weighted by Crippen LogP contribution is 2.28. The van der Waals surface area contributed by atoms with Crippen LogP contribution in [0, 0.1) is 10.1 Å². The average Bonchev–Trinajstić information content (AvgIpc) is 3.35. The fourth-order valence-electron chi connectivity index (χ4n) is 3.65. The molecule has 1 N–H and O–H groups in total. The first-order valence-corrected chi connectivity index (χ1v) is 10.8. The summed E-state index contributed by atoms with van der Waals surface area (Å²) >= 11 is 0. The number of carbonyl (C=O) groups is 2. The predicted molar refractivity (Wildman–Crippen MR) is 124 cm³/mol. The van der Waals surface area contributed by atoms with Gasteiger partial charge in [-0.05, 0) is 37.3 Å². The number of esters is 1. The summed E-state index contributed by atoms with van der Waals surface area (Å²) in [7, 11) is 0. The largest absolute Gasteiger partial charge is 0.462 e. The van der Waals surface area contributed by atoms with Crippen LogP contribution in [0.1, 0.15) is 27.8 Å². The van der Waals surface area contributed by atoms with Crippen molar-refractivity contribution in [2.24, 2.45) is 0 Å². The van der Waals surface area contributed by atoms with E-state index in [1.165, 1.54) is 18.2 Å². The molecule has 1 amide bonds. The van der Waals surface area contributed by atoms with Gasteiger partial charge in [0, 0.05) is 36.5 Å². The number of anilines is 2. The number of ether oxygens (including phenoxy) is 2. The summed E-state index contributed by atoms with van der Waals surface area (Å²) in [6.07, 6.45) is 0. The molecule has 34 heavy (non-hydrogen) atoms. The highest BCUT2D eigenvalue weighted by Gasteiger charge is 2.21. The Hall–Kier alpha value is -4.18. The highest BCUT2D eigenvalue weighted by atomic mass is 16.6. The van der Waals surface area contributed by atoms with Crippen LogP contribution >= 0.6 is 0 Å². The van der Waals surface area contributed by atoms with Gasteiger partial charge in [0.05, 0.1) is 36.0 Å². The van der Waals surface area contributed by atoms with E-state index in [-0.39, 0.29) is 18.1 Å². The first-order valence-electron chi connectivity index (χ1n) is 10.8. The molecule has 1 fully saturated rings. The third-order valence-electron chi connectivity index (χ3n) is 5.27. The standard InChI is InChI=1S/C24H23N3O7/c1-2-33-24(29)19-15-17(6-7-20(19)26-10-12-32-13-11-26)25-23(28)22-9-8-21(34-22)16-4-3-5-18(14-16)27(30)31/h3-9,14-15H,2,10-13H2,1H3,(H,25,28). The van der Waals surface area contributed by atoms with Crippen molar-refractivity contribution in [1.29, 1.82) is 0 Å². The number of hydrogen-bond donors (Lipinski definition) is 1. The van der Waals surface area contributed by atoms with Crippen molar-refractivity contribution in [2.45, 2.75) is 6.92 Å². The summed E-state index contributed by atoms with van der Waals surface area (Å²) in [4.78, 5) is 37.9. The van der Waals surface area contributed by atoms with Gasteiger partial charge in [-0.3, -0.25) is 14.9 Å². The van der Waals surface area contributed by atoms with Gasteiger partial charge in [-0.1, -0.05) is 12.1 Å². The Labute approximate surface area is 195 Å². The van der Waals surface area contributed by atoms with Crippen LogP contribution in [-0.2, 0) is 9.47 Å². The number of non-ortho nitro benzene ring substituents is 1. The van der Waals surface area contributed by atoms with Gasteiger partial charge < -0.3 is 24.1 Å². The van der Waals surface area contributed by atoms with Crippen molar-refractivity contribution in [2.75, 3.05) is 43.1 Å². The lowest BCUT2D eigenvalue weighted by atomic mass is 10.1. The molecular formula is C24H23N3O7. The smallest absolute Gasteiger partial charge is 0.340 e. The number of nitro groups is 1. The van der Waals surface area contributed by atoms with E-state index in [0.717, 1.165) is 0 Å². The monoisotopic (exact) mass is 465 g/mol. The minimum atomic E-state index is -0.523. The Morgan fingerprint density at radius 1 is 1.12 bits per heavy atom. The topological polar surface area (TPSA) is 124 Å². The quantitative estimate of drug-likeness (QED) is 0.314. The van der Waals surface area contributed by atoms with E-state index < -0.39 is 16.8 Å². The minimum absolute atomic E-state index is 0.0245. The molecule has 0 unspecified atom stereocenters. The van der Waals surface area contributed by atoms with Gasteiger partial charge in [0.15, 0.2) is 5.76 Å². The number of rotatable bonds is 7. The summed E-state index contributed by atoms with van der Waals surface area (Å²) < 4.78 is 16.2. The van der Waals surface area contributed by atoms with Crippen molar-refractivity contribution < 1.29 is 28.4 Å². The van der Waals surface area contributed by atoms with E-state index >= 15 is 0 Å². The summed E-state index contributed by atoms with van der Waals surface area (Å²) in [5, 5.41) is 13.7. The molecule has 2 aromatic carbocycles. The third-order valence-corrected chi connectivity index (χ3v) is 5.27. The van der Waals surface area contributed by atoms with E-state index in [1.807, 2.05) is 4.90 Å². The molecule has 176 valence electrons. The maximum absolute atomic E-state index is 12.8. The van der Waals surface area contributed by atoms with E-state index in [4.69, 9.17) is 13.9 Å². The minimum Gasteiger partial charge on any atom is -0.462 e. The zero-order valence-corrected chi connectivity index (χ0v) is 18.5. The molecule has 1 aliphatic rings. The first-order chi connectivity index (χ1) is 16.5. The van der Waals surface area contributed by atoms with Gasteiger partial charge in [0.2, 0.25) is 0 Å². The van der Waals surface area contributed by atoms with Crippen LogP contribution in [0.5, 0.6) is 0 Å². The molecule has 0 atom stereocenters. The Morgan fingerprint density at radius 2 is 1.91 bits per heavy atom. The van der Waals surface area contributed by atoms with Crippen LogP contribution in [0.4, 0.5) is 17.1 Å². The molecule has 1 aromatic heterocycles. The van der Waals surface area contributed by atoms with Crippen LogP contribution in [0.15, 0.2) is 59.0 Å². The third kappa shape index (κ3) is 5.07. The molecule has 10 heteroatoms. The highest BCUT2D eigenvalue weighted by molar-refractivity contribution is 6.04.